The zero-order chi connectivity index (χ0) is 20.1. The molecule has 7 nitrogen and oxygen atoms in total. The van der Waals surface area contributed by atoms with E-state index in [1.165, 1.54) is 0 Å². The van der Waals surface area contributed by atoms with E-state index in [9.17, 15) is 4.79 Å². The number of halogens is 1. The second-order valence-corrected chi connectivity index (χ2v) is 6.87. The number of aryl methyl sites for hydroxylation is 1. The number of rotatable bonds is 7. The monoisotopic (exact) mass is 451 g/mol. The normalized spacial score (nSPS) is 12.3. The van der Waals surface area contributed by atoms with Crippen LogP contribution in [0, 0.1) is 0 Å². The second-order valence-electron chi connectivity index (χ2n) is 6.02. The molecule has 8 heteroatoms. The summed E-state index contributed by atoms with van der Waals surface area (Å²) in [5.74, 6) is 2.80. The third kappa shape index (κ3) is 4.27. The van der Waals surface area contributed by atoms with Gasteiger partial charge in [-0.1, -0.05) is 6.07 Å². The first-order chi connectivity index (χ1) is 13.6. The van der Waals surface area contributed by atoms with E-state index in [2.05, 4.69) is 21.2 Å². The number of anilines is 1. The first-order valence-electron chi connectivity index (χ1n) is 8.74. The maximum absolute atomic E-state index is 12.5. The molecule has 150 valence electrons. The largest absolute Gasteiger partial charge is 0.493 e. The minimum absolute atomic E-state index is 0.130. The van der Waals surface area contributed by atoms with E-state index in [4.69, 9.17) is 23.7 Å². The molecular weight excluding hydrogens is 430 g/mol. The molecule has 0 aliphatic carbocycles. The van der Waals surface area contributed by atoms with Gasteiger partial charge in [0.05, 0.1) is 27.0 Å². The molecule has 0 saturated carbocycles. The van der Waals surface area contributed by atoms with Crippen LogP contribution < -0.4 is 29.0 Å². The van der Waals surface area contributed by atoms with Crippen LogP contribution in [0.3, 0.4) is 0 Å². The highest BCUT2D eigenvalue weighted by Gasteiger charge is 2.18. The smallest absolute Gasteiger partial charge is 0.224 e. The van der Waals surface area contributed by atoms with Crippen molar-refractivity contribution in [2.24, 2.45) is 0 Å². The van der Waals surface area contributed by atoms with Crippen molar-refractivity contribution in [2.45, 2.75) is 12.8 Å². The second kappa shape index (κ2) is 9.05. The highest BCUT2D eigenvalue weighted by molar-refractivity contribution is 9.10. The Morgan fingerprint density at radius 3 is 2.36 bits per heavy atom. The lowest BCUT2D eigenvalue weighted by Crippen LogP contribution is -2.17. The van der Waals surface area contributed by atoms with Crippen LogP contribution >= 0.6 is 15.9 Å². The number of carbonyl (C=O) groups is 1. The summed E-state index contributed by atoms with van der Waals surface area (Å²) in [5.41, 5.74) is 1.49. The van der Waals surface area contributed by atoms with Crippen molar-refractivity contribution >= 4 is 27.5 Å². The van der Waals surface area contributed by atoms with E-state index < -0.39 is 0 Å². The minimum atomic E-state index is -0.130. The summed E-state index contributed by atoms with van der Waals surface area (Å²) in [6, 6.07) is 7.22. The first-order valence-corrected chi connectivity index (χ1v) is 9.53. The fourth-order valence-corrected chi connectivity index (χ4v) is 3.40. The summed E-state index contributed by atoms with van der Waals surface area (Å²) < 4.78 is 28.0. The summed E-state index contributed by atoms with van der Waals surface area (Å²) in [7, 11) is 4.68. The van der Waals surface area contributed by atoms with Gasteiger partial charge in [0.2, 0.25) is 11.7 Å². The van der Waals surface area contributed by atoms with Gasteiger partial charge < -0.3 is 29.0 Å². The molecule has 0 fully saturated rings. The van der Waals surface area contributed by atoms with Crippen molar-refractivity contribution in [3.63, 3.8) is 0 Å². The van der Waals surface area contributed by atoms with E-state index in [0.717, 1.165) is 10.0 Å². The lowest BCUT2D eigenvalue weighted by atomic mass is 10.1. The molecule has 0 saturated heterocycles. The molecule has 28 heavy (non-hydrogen) atoms. The molecule has 2 aromatic rings. The summed E-state index contributed by atoms with van der Waals surface area (Å²) in [6.07, 6.45) is 0.754. The Morgan fingerprint density at radius 1 is 1.04 bits per heavy atom. The van der Waals surface area contributed by atoms with Gasteiger partial charge in [-0.2, -0.15) is 0 Å². The predicted molar refractivity (Wildman–Crippen MR) is 108 cm³/mol. The zero-order valence-corrected chi connectivity index (χ0v) is 17.6. The van der Waals surface area contributed by atoms with Crippen LogP contribution in [0.4, 0.5) is 5.69 Å². The number of ether oxygens (including phenoxy) is 5. The Balaban J connectivity index is 1.70. The fraction of sp³-hybridized carbons (Fsp3) is 0.350. The van der Waals surface area contributed by atoms with E-state index in [1.807, 2.05) is 6.07 Å². The van der Waals surface area contributed by atoms with Gasteiger partial charge in [0.1, 0.15) is 13.2 Å². The summed E-state index contributed by atoms with van der Waals surface area (Å²) in [4.78, 5) is 12.5. The number of hydrogen-bond acceptors (Lipinski definition) is 6. The van der Waals surface area contributed by atoms with Crippen molar-refractivity contribution in [2.75, 3.05) is 39.9 Å². The van der Waals surface area contributed by atoms with Crippen molar-refractivity contribution in [3.05, 3.63) is 34.3 Å². The Hall–Kier alpha value is -2.61. The van der Waals surface area contributed by atoms with Gasteiger partial charge in [-0.25, -0.2) is 0 Å². The molecular formula is C20H22BrNO6. The molecule has 0 bridgehead atoms. The van der Waals surface area contributed by atoms with Gasteiger partial charge in [-0.05, 0) is 34.0 Å². The van der Waals surface area contributed by atoms with Crippen LogP contribution in [0.1, 0.15) is 12.0 Å². The third-order valence-electron chi connectivity index (χ3n) is 4.31. The quantitative estimate of drug-likeness (QED) is 0.689. The van der Waals surface area contributed by atoms with Crippen LogP contribution in [-0.4, -0.2) is 40.5 Å². The maximum Gasteiger partial charge on any atom is 0.224 e. The standard InChI is InChI=1S/C20H22BrNO6/c1-24-15-6-4-12(19(25-2)20(15)26-3)5-7-18(23)22-14-11-17-16(10-13(14)21)27-8-9-28-17/h4,6,10-11H,5,7-9H2,1-3H3,(H,22,23). The summed E-state index contributed by atoms with van der Waals surface area (Å²) in [6.45, 7) is 0.999. The molecule has 1 N–H and O–H groups in total. The Bertz CT molecular complexity index is 870. The number of fused-ring (bicyclic) bond motifs is 1. The Labute approximate surface area is 172 Å². The molecule has 1 aliphatic heterocycles. The van der Waals surface area contributed by atoms with Gasteiger partial charge in [0.15, 0.2) is 23.0 Å². The van der Waals surface area contributed by atoms with Crippen molar-refractivity contribution in [1.29, 1.82) is 0 Å². The van der Waals surface area contributed by atoms with Crippen LogP contribution in [-0.2, 0) is 11.2 Å². The average molecular weight is 452 g/mol. The van der Waals surface area contributed by atoms with E-state index >= 15 is 0 Å². The van der Waals surface area contributed by atoms with Gasteiger partial charge in [-0.3, -0.25) is 4.79 Å². The molecule has 1 amide bonds. The predicted octanol–water partition coefficient (Wildman–Crippen LogP) is 3.82. The number of hydrogen-bond donors (Lipinski definition) is 1. The van der Waals surface area contributed by atoms with Crippen LogP contribution in [0.5, 0.6) is 28.7 Å². The highest BCUT2D eigenvalue weighted by Crippen LogP contribution is 2.40. The first kappa shape index (κ1) is 20.1. The molecule has 0 radical (unpaired) electrons. The Morgan fingerprint density at radius 2 is 1.71 bits per heavy atom. The third-order valence-corrected chi connectivity index (χ3v) is 4.97. The lowest BCUT2D eigenvalue weighted by Gasteiger charge is -2.20. The molecule has 1 aliphatic rings. The topological polar surface area (TPSA) is 75.3 Å². The number of amides is 1. The lowest BCUT2D eigenvalue weighted by molar-refractivity contribution is -0.116. The van der Waals surface area contributed by atoms with Gasteiger partial charge in [-0.15, -0.1) is 0 Å². The van der Waals surface area contributed by atoms with E-state index in [-0.39, 0.29) is 12.3 Å². The van der Waals surface area contributed by atoms with Gasteiger partial charge in [0, 0.05) is 23.0 Å². The molecule has 0 unspecified atom stereocenters. The molecule has 1 heterocycles. The maximum atomic E-state index is 12.5. The molecule has 0 aromatic heterocycles. The number of methoxy groups -OCH3 is 3. The summed E-state index contributed by atoms with van der Waals surface area (Å²) >= 11 is 3.46. The van der Waals surface area contributed by atoms with Crippen LogP contribution in [0.25, 0.3) is 0 Å². The fourth-order valence-electron chi connectivity index (χ4n) is 2.98. The zero-order valence-electron chi connectivity index (χ0n) is 16.0. The number of nitrogens with one attached hydrogen (secondary N) is 1. The van der Waals surface area contributed by atoms with Gasteiger partial charge >= 0.3 is 0 Å². The molecule has 0 atom stereocenters. The van der Waals surface area contributed by atoms with Crippen molar-refractivity contribution in [1.82, 2.24) is 0 Å². The van der Waals surface area contributed by atoms with E-state index in [0.29, 0.717) is 54.1 Å². The molecule has 0 spiro atoms. The average Bonchev–Trinajstić information content (AvgIpc) is 2.71. The highest BCUT2D eigenvalue weighted by atomic mass is 79.9. The SMILES string of the molecule is COc1ccc(CCC(=O)Nc2cc3c(cc2Br)OCCO3)c(OC)c1OC. The molecule has 3 rings (SSSR count). The number of benzene rings is 2. The Kier molecular flexibility index (Phi) is 6.51. The van der Waals surface area contributed by atoms with Gasteiger partial charge in [0.25, 0.3) is 0 Å². The molecule has 2 aromatic carbocycles. The van der Waals surface area contributed by atoms with Crippen molar-refractivity contribution in [3.8, 4) is 28.7 Å². The van der Waals surface area contributed by atoms with E-state index in [1.54, 1.807) is 39.5 Å². The minimum Gasteiger partial charge on any atom is -0.493 e. The summed E-state index contributed by atoms with van der Waals surface area (Å²) in [5, 5.41) is 2.90. The van der Waals surface area contributed by atoms with Crippen molar-refractivity contribution < 1.29 is 28.5 Å². The van der Waals surface area contributed by atoms with Crippen LogP contribution in [0.15, 0.2) is 28.7 Å². The number of carbonyl (C=O) groups excluding carboxylic acids is 1. The van der Waals surface area contributed by atoms with Crippen LogP contribution in [0.2, 0.25) is 0 Å².